The number of anilines is 1. The van der Waals surface area contributed by atoms with Gasteiger partial charge in [0.05, 0.1) is 0 Å². The van der Waals surface area contributed by atoms with E-state index in [1.807, 2.05) is 48.5 Å². The number of halogens is 1. The molecule has 0 unspecified atom stereocenters. The van der Waals surface area contributed by atoms with Crippen molar-refractivity contribution in [3.05, 3.63) is 59.4 Å². The number of aromatic nitrogens is 3. The van der Waals surface area contributed by atoms with Gasteiger partial charge in [0.1, 0.15) is 5.52 Å². The second-order valence-corrected chi connectivity index (χ2v) is 7.13. The summed E-state index contributed by atoms with van der Waals surface area (Å²) in [5.74, 6) is 2.25. The van der Waals surface area contributed by atoms with Gasteiger partial charge in [0, 0.05) is 29.6 Å². The van der Waals surface area contributed by atoms with E-state index in [-0.39, 0.29) is 5.92 Å². The Bertz CT molecular complexity index is 1070. The molecule has 6 nitrogen and oxygen atoms in total. The first-order chi connectivity index (χ1) is 13.3. The van der Waals surface area contributed by atoms with Gasteiger partial charge in [-0.05, 0) is 48.3 Å². The van der Waals surface area contributed by atoms with E-state index in [1.165, 1.54) is 0 Å². The molecular weight excluding hydrogens is 364 g/mol. The maximum absolute atomic E-state index is 6.04. The first-order valence-corrected chi connectivity index (χ1v) is 9.34. The average Bonchev–Trinajstić information content (AvgIpc) is 3.36. The zero-order chi connectivity index (χ0) is 18.2. The molecule has 7 heteroatoms. The van der Waals surface area contributed by atoms with Crippen LogP contribution < -0.4 is 4.90 Å². The average molecular weight is 381 g/mol. The number of oxazole rings is 1. The topological polar surface area (TPSA) is 68.2 Å². The molecule has 1 saturated heterocycles. The van der Waals surface area contributed by atoms with E-state index in [2.05, 4.69) is 20.0 Å². The fourth-order valence-electron chi connectivity index (χ4n) is 3.46. The Kier molecular flexibility index (Phi) is 4.05. The van der Waals surface area contributed by atoms with Crippen LogP contribution in [0.25, 0.3) is 22.6 Å². The zero-order valence-electron chi connectivity index (χ0n) is 14.5. The Balaban J connectivity index is 1.29. The van der Waals surface area contributed by atoms with Crippen LogP contribution in [0.3, 0.4) is 0 Å². The summed E-state index contributed by atoms with van der Waals surface area (Å²) >= 11 is 6.04. The van der Waals surface area contributed by atoms with E-state index in [9.17, 15) is 0 Å². The lowest BCUT2D eigenvalue weighted by Crippen LogP contribution is -2.33. The van der Waals surface area contributed by atoms with Gasteiger partial charge < -0.3 is 13.8 Å². The molecule has 0 amide bonds. The van der Waals surface area contributed by atoms with Gasteiger partial charge in [-0.1, -0.05) is 29.8 Å². The van der Waals surface area contributed by atoms with Gasteiger partial charge in [0.15, 0.2) is 11.5 Å². The molecule has 3 heterocycles. The third-order valence-corrected chi connectivity index (χ3v) is 5.16. The van der Waals surface area contributed by atoms with E-state index in [1.54, 1.807) is 0 Å². The minimum atomic E-state index is 0.285. The maximum atomic E-state index is 6.04. The molecule has 0 atom stereocenters. The van der Waals surface area contributed by atoms with Crippen molar-refractivity contribution < 1.29 is 8.94 Å². The summed E-state index contributed by atoms with van der Waals surface area (Å²) in [6, 6.07) is 15.3. The van der Waals surface area contributed by atoms with Crippen molar-refractivity contribution in [2.24, 2.45) is 0 Å². The number of nitrogens with zero attached hydrogens (tertiary/aromatic N) is 4. The molecular formula is C20H17ClN4O2. The summed E-state index contributed by atoms with van der Waals surface area (Å²) in [6.45, 7) is 1.66. The van der Waals surface area contributed by atoms with E-state index in [4.69, 9.17) is 20.5 Å². The lowest BCUT2D eigenvalue weighted by molar-refractivity contribution is 0.397. The van der Waals surface area contributed by atoms with Gasteiger partial charge in [-0.2, -0.15) is 4.98 Å². The minimum Gasteiger partial charge on any atom is -0.440 e. The van der Waals surface area contributed by atoms with Crippen molar-refractivity contribution in [3.63, 3.8) is 0 Å². The molecule has 0 saturated carbocycles. The lowest BCUT2D eigenvalue weighted by Gasteiger charge is -2.29. The fourth-order valence-corrected chi connectivity index (χ4v) is 3.63. The summed E-state index contributed by atoms with van der Waals surface area (Å²) in [7, 11) is 0. The van der Waals surface area contributed by atoms with Crippen LogP contribution in [0.5, 0.6) is 0 Å². The van der Waals surface area contributed by atoms with Crippen molar-refractivity contribution in [3.8, 4) is 11.5 Å². The number of rotatable bonds is 3. The molecule has 0 spiro atoms. The van der Waals surface area contributed by atoms with Crippen molar-refractivity contribution in [1.82, 2.24) is 15.1 Å². The summed E-state index contributed by atoms with van der Waals surface area (Å²) in [5, 5.41) is 4.81. The molecule has 5 rings (SSSR count). The highest BCUT2D eigenvalue weighted by Gasteiger charge is 2.27. The largest absolute Gasteiger partial charge is 0.440 e. The van der Waals surface area contributed by atoms with E-state index in [0.717, 1.165) is 48.5 Å². The Morgan fingerprint density at radius 3 is 2.63 bits per heavy atom. The van der Waals surface area contributed by atoms with E-state index < -0.39 is 0 Å². The maximum Gasteiger partial charge on any atom is 0.266 e. The van der Waals surface area contributed by atoms with Crippen LogP contribution in [0.15, 0.2) is 57.5 Å². The molecule has 2 aromatic carbocycles. The summed E-state index contributed by atoms with van der Waals surface area (Å²) in [4.78, 5) is 11.3. The van der Waals surface area contributed by atoms with E-state index >= 15 is 0 Å². The number of hydrogen-bond acceptors (Lipinski definition) is 6. The number of piperidine rings is 1. The predicted octanol–water partition coefficient (Wildman–Crippen LogP) is 4.92. The molecule has 1 aliphatic rings. The number of benzene rings is 2. The lowest BCUT2D eigenvalue weighted by atomic mass is 9.97. The summed E-state index contributed by atoms with van der Waals surface area (Å²) in [5.41, 5.74) is 2.52. The van der Waals surface area contributed by atoms with Crippen LogP contribution >= 0.6 is 11.6 Å². The normalized spacial score (nSPS) is 15.5. The van der Waals surface area contributed by atoms with Gasteiger partial charge in [-0.25, -0.2) is 4.98 Å². The molecule has 0 bridgehead atoms. The molecule has 0 N–H and O–H groups in total. The number of hydrogen-bond donors (Lipinski definition) is 0. The SMILES string of the molecule is Clc1ccc2oc(C3CCN(c4noc(-c5ccccc5)n4)CC3)nc2c1. The smallest absolute Gasteiger partial charge is 0.266 e. The van der Waals surface area contributed by atoms with Crippen LogP contribution in [-0.2, 0) is 0 Å². The second-order valence-electron chi connectivity index (χ2n) is 6.69. The molecule has 1 aliphatic heterocycles. The summed E-state index contributed by atoms with van der Waals surface area (Å²) < 4.78 is 11.3. The third kappa shape index (κ3) is 3.17. The highest BCUT2D eigenvalue weighted by Crippen LogP contribution is 2.32. The molecule has 0 radical (unpaired) electrons. The van der Waals surface area contributed by atoms with Crippen molar-refractivity contribution in [2.75, 3.05) is 18.0 Å². The predicted molar refractivity (Wildman–Crippen MR) is 103 cm³/mol. The highest BCUT2D eigenvalue weighted by molar-refractivity contribution is 6.31. The van der Waals surface area contributed by atoms with Crippen molar-refractivity contribution in [2.45, 2.75) is 18.8 Å². The Hall–Kier alpha value is -2.86. The van der Waals surface area contributed by atoms with Crippen LogP contribution in [0.1, 0.15) is 24.7 Å². The Morgan fingerprint density at radius 1 is 1.00 bits per heavy atom. The van der Waals surface area contributed by atoms with Crippen molar-refractivity contribution in [1.29, 1.82) is 0 Å². The van der Waals surface area contributed by atoms with Gasteiger partial charge in [-0.15, -0.1) is 0 Å². The molecule has 2 aromatic heterocycles. The summed E-state index contributed by atoms with van der Waals surface area (Å²) in [6.07, 6.45) is 1.85. The fraction of sp³-hybridized carbons (Fsp3) is 0.250. The van der Waals surface area contributed by atoms with Crippen LogP contribution in [0.2, 0.25) is 5.02 Å². The standard InChI is InChI=1S/C20H17ClN4O2/c21-15-6-7-17-16(12-15)22-18(26-17)14-8-10-25(11-9-14)20-23-19(27-24-20)13-4-2-1-3-5-13/h1-7,12,14H,8-11H2. The zero-order valence-corrected chi connectivity index (χ0v) is 15.3. The molecule has 4 aromatic rings. The first-order valence-electron chi connectivity index (χ1n) is 8.96. The molecule has 0 aliphatic carbocycles. The first kappa shape index (κ1) is 16.3. The van der Waals surface area contributed by atoms with Crippen LogP contribution in [-0.4, -0.2) is 28.2 Å². The number of fused-ring (bicyclic) bond motifs is 1. The highest BCUT2D eigenvalue weighted by atomic mass is 35.5. The van der Waals surface area contributed by atoms with Crippen LogP contribution in [0, 0.1) is 0 Å². The third-order valence-electron chi connectivity index (χ3n) is 4.93. The Labute approximate surface area is 160 Å². The van der Waals surface area contributed by atoms with Gasteiger partial charge in [0.2, 0.25) is 0 Å². The minimum absolute atomic E-state index is 0.285. The quantitative estimate of drug-likeness (QED) is 0.502. The van der Waals surface area contributed by atoms with Crippen molar-refractivity contribution >= 4 is 28.6 Å². The van der Waals surface area contributed by atoms with Gasteiger partial charge >= 0.3 is 0 Å². The van der Waals surface area contributed by atoms with E-state index in [0.29, 0.717) is 16.9 Å². The molecule has 27 heavy (non-hydrogen) atoms. The van der Waals surface area contributed by atoms with Gasteiger partial charge in [-0.3, -0.25) is 0 Å². The second kappa shape index (κ2) is 6.70. The Morgan fingerprint density at radius 2 is 1.81 bits per heavy atom. The molecule has 1 fully saturated rings. The monoisotopic (exact) mass is 380 g/mol. The van der Waals surface area contributed by atoms with Gasteiger partial charge in [0.25, 0.3) is 11.8 Å². The van der Waals surface area contributed by atoms with Crippen LogP contribution in [0.4, 0.5) is 5.95 Å². The molecule has 136 valence electrons.